The summed E-state index contributed by atoms with van der Waals surface area (Å²) < 4.78 is 0. The number of thioether (sulfide) groups is 1. The average molecular weight is 399 g/mol. The van der Waals surface area contributed by atoms with Gasteiger partial charge in [0.2, 0.25) is 0 Å². The first-order valence-corrected chi connectivity index (χ1v) is 10.3. The molecule has 0 fully saturated rings. The predicted octanol–water partition coefficient (Wildman–Crippen LogP) is 6.51. The van der Waals surface area contributed by atoms with Gasteiger partial charge in [0.15, 0.2) is 0 Å². The van der Waals surface area contributed by atoms with Gasteiger partial charge >= 0.3 is 0 Å². The Hall–Kier alpha value is -1.88. The second-order valence-electron chi connectivity index (χ2n) is 5.77. The standard InChI is InChI=1S/C21H19ClN2S2/c1-4-20-19(13-25)14(2)23-21(15-5-11-18(26-3)12-6-15)24(20)17-9-7-16(22)8-10-17/h4-13H,1-3H3/b20-4-. The Balaban J connectivity index is 2.19. The van der Waals surface area contributed by atoms with Crippen molar-refractivity contribution in [3.8, 4) is 0 Å². The number of hydrogen-bond donors (Lipinski definition) is 0. The third-order valence-electron chi connectivity index (χ3n) is 4.22. The summed E-state index contributed by atoms with van der Waals surface area (Å²) in [6.07, 6.45) is 4.14. The molecule has 2 nitrogen and oxygen atoms in total. The van der Waals surface area contributed by atoms with Crippen LogP contribution in [-0.4, -0.2) is 17.5 Å². The summed E-state index contributed by atoms with van der Waals surface area (Å²) in [5.74, 6) is 0.881. The van der Waals surface area contributed by atoms with Gasteiger partial charge in [-0.25, -0.2) is 4.99 Å². The van der Waals surface area contributed by atoms with E-state index < -0.39 is 0 Å². The van der Waals surface area contributed by atoms with Crippen LogP contribution in [0.15, 0.2) is 81.5 Å². The fraction of sp³-hybridized carbons (Fsp3) is 0.143. The molecule has 0 spiro atoms. The molecule has 0 radical (unpaired) electrons. The maximum atomic E-state index is 6.09. The van der Waals surface area contributed by atoms with E-state index in [2.05, 4.69) is 41.5 Å². The van der Waals surface area contributed by atoms with Crippen LogP contribution in [0.1, 0.15) is 19.4 Å². The molecule has 1 heterocycles. The molecule has 0 unspecified atom stereocenters. The van der Waals surface area contributed by atoms with Crippen molar-refractivity contribution in [3.05, 3.63) is 82.2 Å². The van der Waals surface area contributed by atoms with E-state index in [0.717, 1.165) is 34.1 Å². The number of amidine groups is 1. The maximum Gasteiger partial charge on any atom is 0.145 e. The summed E-state index contributed by atoms with van der Waals surface area (Å²) in [6, 6.07) is 16.2. The molecule has 2 aromatic rings. The van der Waals surface area contributed by atoms with Crippen molar-refractivity contribution in [2.75, 3.05) is 11.2 Å². The first-order valence-electron chi connectivity index (χ1n) is 8.20. The molecular formula is C21H19ClN2S2. The van der Waals surface area contributed by atoms with Crippen LogP contribution < -0.4 is 4.90 Å². The second kappa shape index (κ2) is 8.21. The van der Waals surface area contributed by atoms with Gasteiger partial charge in [0.25, 0.3) is 0 Å². The molecule has 0 saturated carbocycles. The minimum atomic E-state index is 0.706. The van der Waals surface area contributed by atoms with Crippen LogP contribution in [0, 0.1) is 0 Å². The van der Waals surface area contributed by atoms with Gasteiger partial charge in [-0.3, -0.25) is 4.90 Å². The quantitative estimate of drug-likeness (QED) is 0.431. The number of allylic oxidation sites excluding steroid dienone is 3. The zero-order valence-electron chi connectivity index (χ0n) is 14.9. The fourth-order valence-corrected chi connectivity index (χ4v) is 3.73. The minimum absolute atomic E-state index is 0.706. The maximum absolute atomic E-state index is 6.09. The van der Waals surface area contributed by atoms with Crippen LogP contribution in [-0.2, 0) is 0 Å². The molecule has 5 heteroatoms. The summed E-state index contributed by atoms with van der Waals surface area (Å²) in [5.41, 5.74) is 4.96. The summed E-state index contributed by atoms with van der Waals surface area (Å²) in [4.78, 5) is 8.24. The molecule has 0 bridgehead atoms. The van der Waals surface area contributed by atoms with Crippen molar-refractivity contribution in [1.29, 1.82) is 0 Å². The molecule has 26 heavy (non-hydrogen) atoms. The Bertz CT molecular complexity index is 910. The number of halogens is 1. The Morgan fingerprint density at radius 2 is 1.73 bits per heavy atom. The van der Waals surface area contributed by atoms with Gasteiger partial charge in [-0.1, -0.05) is 42.0 Å². The fourth-order valence-electron chi connectivity index (χ4n) is 2.90. The van der Waals surface area contributed by atoms with Crippen LogP contribution in [0.5, 0.6) is 0 Å². The topological polar surface area (TPSA) is 15.6 Å². The SMILES string of the molecule is C/C=C1/C(C=S)=C(C)N=C(c2ccc(SC)cc2)N1c1ccc(Cl)cc1. The largest absolute Gasteiger partial charge is 0.294 e. The van der Waals surface area contributed by atoms with Gasteiger partial charge in [0.1, 0.15) is 5.84 Å². The minimum Gasteiger partial charge on any atom is -0.294 e. The van der Waals surface area contributed by atoms with E-state index in [4.69, 9.17) is 28.8 Å². The summed E-state index contributed by atoms with van der Waals surface area (Å²) in [7, 11) is 0. The third kappa shape index (κ3) is 3.63. The van der Waals surface area contributed by atoms with E-state index in [1.165, 1.54) is 4.90 Å². The van der Waals surface area contributed by atoms with Gasteiger partial charge in [-0.2, -0.15) is 0 Å². The molecule has 3 rings (SSSR count). The normalized spacial score (nSPS) is 16.1. The first-order chi connectivity index (χ1) is 12.6. The molecule has 0 amide bonds. The lowest BCUT2D eigenvalue weighted by molar-refractivity contribution is 1.12. The van der Waals surface area contributed by atoms with Crippen molar-refractivity contribution in [1.82, 2.24) is 0 Å². The number of nitrogens with zero attached hydrogens (tertiary/aromatic N) is 2. The van der Waals surface area contributed by atoms with Crippen LogP contribution in [0.3, 0.4) is 0 Å². The third-order valence-corrected chi connectivity index (χ3v) is 5.45. The number of anilines is 1. The lowest BCUT2D eigenvalue weighted by Crippen LogP contribution is -2.35. The molecule has 1 aliphatic rings. The molecular weight excluding hydrogens is 380 g/mol. The predicted molar refractivity (Wildman–Crippen MR) is 119 cm³/mol. The van der Waals surface area contributed by atoms with E-state index in [1.54, 1.807) is 17.1 Å². The van der Waals surface area contributed by atoms with E-state index in [1.807, 2.05) is 38.1 Å². The molecule has 1 aliphatic heterocycles. The molecule has 0 atom stereocenters. The zero-order chi connectivity index (χ0) is 18.7. The Morgan fingerprint density at radius 1 is 1.08 bits per heavy atom. The second-order valence-corrected chi connectivity index (χ2v) is 7.32. The number of hydrogen-bond acceptors (Lipinski definition) is 4. The van der Waals surface area contributed by atoms with Gasteiger partial charge in [-0.15, -0.1) is 11.8 Å². The van der Waals surface area contributed by atoms with Crippen molar-refractivity contribution < 1.29 is 0 Å². The molecule has 0 aliphatic carbocycles. The number of rotatable bonds is 4. The lowest BCUT2D eigenvalue weighted by Gasteiger charge is -2.33. The zero-order valence-corrected chi connectivity index (χ0v) is 17.3. The van der Waals surface area contributed by atoms with E-state index in [9.17, 15) is 0 Å². The summed E-state index contributed by atoms with van der Waals surface area (Å²) in [5, 5.41) is 2.40. The molecule has 0 N–H and O–H groups in total. The van der Waals surface area contributed by atoms with Gasteiger partial charge in [-0.05, 0) is 56.5 Å². The van der Waals surface area contributed by atoms with Crippen molar-refractivity contribution in [2.24, 2.45) is 4.99 Å². The summed E-state index contributed by atoms with van der Waals surface area (Å²) in [6.45, 7) is 4.02. The van der Waals surface area contributed by atoms with Crippen LogP contribution in [0.2, 0.25) is 5.02 Å². The van der Waals surface area contributed by atoms with E-state index >= 15 is 0 Å². The highest BCUT2D eigenvalue weighted by Crippen LogP contribution is 2.33. The highest BCUT2D eigenvalue weighted by molar-refractivity contribution is 7.98. The van der Waals surface area contributed by atoms with Crippen LogP contribution in [0.4, 0.5) is 5.69 Å². The summed E-state index contributed by atoms with van der Waals surface area (Å²) >= 11 is 13.1. The first kappa shape index (κ1) is 18.9. The van der Waals surface area contributed by atoms with Gasteiger partial charge in [0, 0.05) is 37.8 Å². The van der Waals surface area contributed by atoms with Crippen LogP contribution in [0.25, 0.3) is 0 Å². The number of thiocarbonyl (C=S) groups is 1. The molecule has 0 saturated heterocycles. The molecule has 2 aromatic carbocycles. The smallest absolute Gasteiger partial charge is 0.145 e. The highest BCUT2D eigenvalue weighted by Gasteiger charge is 2.26. The number of aliphatic imine (C=N–C) groups is 1. The monoisotopic (exact) mass is 398 g/mol. The molecule has 0 aromatic heterocycles. The van der Waals surface area contributed by atoms with Crippen molar-refractivity contribution in [3.63, 3.8) is 0 Å². The Morgan fingerprint density at radius 3 is 2.27 bits per heavy atom. The van der Waals surface area contributed by atoms with E-state index in [0.29, 0.717) is 5.02 Å². The lowest BCUT2D eigenvalue weighted by atomic mass is 10.0. The van der Waals surface area contributed by atoms with E-state index in [-0.39, 0.29) is 0 Å². The van der Waals surface area contributed by atoms with Crippen molar-refractivity contribution >= 4 is 52.5 Å². The van der Waals surface area contributed by atoms with Gasteiger partial charge < -0.3 is 0 Å². The Kier molecular flexibility index (Phi) is 5.97. The number of benzene rings is 2. The molecule has 132 valence electrons. The van der Waals surface area contributed by atoms with Gasteiger partial charge in [0.05, 0.1) is 5.70 Å². The highest BCUT2D eigenvalue weighted by atomic mass is 35.5. The van der Waals surface area contributed by atoms with Crippen molar-refractivity contribution in [2.45, 2.75) is 18.7 Å². The van der Waals surface area contributed by atoms with Crippen LogP contribution >= 0.6 is 35.6 Å². The Labute approximate surface area is 169 Å². The average Bonchev–Trinajstić information content (AvgIpc) is 2.68.